The second kappa shape index (κ2) is 7.17. The number of rotatable bonds is 4. The molecule has 0 saturated heterocycles. The zero-order chi connectivity index (χ0) is 17.8. The van der Waals surface area contributed by atoms with Crippen LogP contribution in [-0.4, -0.2) is 27.8 Å². The first-order valence-corrected chi connectivity index (χ1v) is 7.90. The van der Waals surface area contributed by atoms with Crippen LogP contribution in [0.5, 0.6) is 0 Å². The van der Waals surface area contributed by atoms with Crippen molar-refractivity contribution in [3.05, 3.63) is 77.9 Å². The fourth-order valence-corrected chi connectivity index (χ4v) is 2.51. The number of aromatic nitrogens is 2. The van der Waals surface area contributed by atoms with Crippen LogP contribution in [0.15, 0.2) is 60.8 Å². The molecular formula is C19H19FN4O. The van der Waals surface area contributed by atoms with E-state index in [2.05, 4.69) is 10.4 Å². The molecule has 1 aromatic heterocycles. The largest absolute Gasteiger partial charge is 0.323 e. The van der Waals surface area contributed by atoms with Gasteiger partial charge in [-0.25, -0.2) is 13.9 Å². The third kappa shape index (κ3) is 4.03. The number of amides is 2. The van der Waals surface area contributed by atoms with Crippen molar-refractivity contribution in [2.24, 2.45) is 0 Å². The summed E-state index contributed by atoms with van der Waals surface area (Å²) in [6, 6.07) is 15.3. The Morgan fingerprint density at radius 3 is 2.64 bits per heavy atom. The van der Waals surface area contributed by atoms with Gasteiger partial charge in [0, 0.05) is 31.2 Å². The van der Waals surface area contributed by atoms with Gasteiger partial charge in [0.25, 0.3) is 0 Å². The Hall–Kier alpha value is -3.15. The Bertz CT molecular complexity index is 873. The minimum atomic E-state index is -0.290. The standard InChI is InChI=1S/C19H19FN4O/c1-14-10-11-21-24(14)18-5-3-4-17(12-18)22-19(25)23(2)13-15-6-8-16(20)9-7-15/h3-12H,13H2,1-2H3,(H,22,25). The maximum Gasteiger partial charge on any atom is 0.321 e. The smallest absolute Gasteiger partial charge is 0.321 e. The van der Waals surface area contributed by atoms with Crippen molar-refractivity contribution in [3.63, 3.8) is 0 Å². The third-order valence-corrected chi connectivity index (χ3v) is 3.85. The zero-order valence-corrected chi connectivity index (χ0v) is 14.1. The Morgan fingerprint density at radius 2 is 1.96 bits per heavy atom. The van der Waals surface area contributed by atoms with E-state index in [0.717, 1.165) is 16.9 Å². The molecule has 5 nitrogen and oxygen atoms in total. The first kappa shape index (κ1) is 16.7. The lowest BCUT2D eigenvalue weighted by molar-refractivity contribution is 0.220. The number of nitrogens with zero attached hydrogens (tertiary/aromatic N) is 3. The molecule has 2 amide bonds. The molecular weight excluding hydrogens is 319 g/mol. The molecule has 2 aromatic carbocycles. The molecule has 0 unspecified atom stereocenters. The summed E-state index contributed by atoms with van der Waals surface area (Å²) < 4.78 is 14.8. The van der Waals surface area contributed by atoms with Crippen LogP contribution in [0.2, 0.25) is 0 Å². The highest BCUT2D eigenvalue weighted by Gasteiger charge is 2.10. The molecule has 0 aliphatic heterocycles. The lowest BCUT2D eigenvalue weighted by Gasteiger charge is -2.18. The van der Waals surface area contributed by atoms with E-state index in [1.54, 1.807) is 35.0 Å². The van der Waals surface area contributed by atoms with Crippen LogP contribution in [0, 0.1) is 12.7 Å². The lowest BCUT2D eigenvalue weighted by atomic mass is 10.2. The van der Waals surface area contributed by atoms with Crippen LogP contribution in [-0.2, 0) is 6.54 Å². The Labute approximate surface area is 145 Å². The van der Waals surface area contributed by atoms with Crippen LogP contribution in [0.25, 0.3) is 5.69 Å². The minimum Gasteiger partial charge on any atom is -0.323 e. The molecule has 0 atom stereocenters. The first-order chi connectivity index (χ1) is 12.0. The summed E-state index contributed by atoms with van der Waals surface area (Å²) in [6.45, 7) is 2.36. The van der Waals surface area contributed by atoms with E-state index < -0.39 is 0 Å². The summed E-state index contributed by atoms with van der Waals surface area (Å²) >= 11 is 0. The van der Waals surface area contributed by atoms with Gasteiger partial charge in [0.1, 0.15) is 5.82 Å². The Balaban J connectivity index is 1.68. The molecule has 0 saturated carbocycles. The molecule has 3 aromatic rings. The summed E-state index contributed by atoms with van der Waals surface area (Å²) in [5, 5.41) is 7.13. The van der Waals surface area contributed by atoms with Crippen molar-refractivity contribution in [1.29, 1.82) is 0 Å². The molecule has 6 heteroatoms. The summed E-state index contributed by atoms with van der Waals surface area (Å²) in [5.41, 5.74) is 3.43. The summed E-state index contributed by atoms with van der Waals surface area (Å²) in [7, 11) is 1.69. The molecule has 0 aliphatic carbocycles. The normalized spacial score (nSPS) is 10.5. The van der Waals surface area contributed by atoms with Crippen molar-refractivity contribution in [2.45, 2.75) is 13.5 Å². The van der Waals surface area contributed by atoms with Gasteiger partial charge in [-0.2, -0.15) is 5.10 Å². The highest BCUT2D eigenvalue weighted by molar-refractivity contribution is 5.89. The van der Waals surface area contributed by atoms with Crippen molar-refractivity contribution < 1.29 is 9.18 Å². The molecule has 0 bridgehead atoms. The number of benzene rings is 2. The van der Waals surface area contributed by atoms with Gasteiger partial charge in [0.15, 0.2) is 0 Å². The minimum absolute atomic E-state index is 0.237. The number of halogens is 1. The molecule has 25 heavy (non-hydrogen) atoms. The molecule has 0 radical (unpaired) electrons. The average Bonchev–Trinajstić information content (AvgIpc) is 3.03. The van der Waals surface area contributed by atoms with Gasteiger partial charge in [-0.3, -0.25) is 0 Å². The number of urea groups is 1. The number of nitrogens with one attached hydrogen (secondary N) is 1. The Morgan fingerprint density at radius 1 is 1.20 bits per heavy atom. The number of anilines is 1. The van der Waals surface area contributed by atoms with Gasteiger partial charge < -0.3 is 10.2 Å². The van der Waals surface area contributed by atoms with E-state index in [1.165, 1.54) is 12.1 Å². The van der Waals surface area contributed by atoms with Crippen LogP contribution in [0.1, 0.15) is 11.3 Å². The van der Waals surface area contributed by atoms with Crippen LogP contribution < -0.4 is 5.32 Å². The van der Waals surface area contributed by atoms with E-state index in [1.807, 2.05) is 37.3 Å². The highest BCUT2D eigenvalue weighted by Crippen LogP contribution is 2.16. The van der Waals surface area contributed by atoms with Crippen molar-refractivity contribution in [3.8, 4) is 5.69 Å². The van der Waals surface area contributed by atoms with Gasteiger partial charge in [0.2, 0.25) is 0 Å². The highest BCUT2D eigenvalue weighted by atomic mass is 19.1. The number of carbonyl (C=O) groups excluding carboxylic acids is 1. The maximum absolute atomic E-state index is 13.0. The number of hydrogen-bond acceptors (Lipinski definition) is 2. The van der Waals surface area contributed by atoms with Gasteiger partial charge in [-0.15, -0.1) is 0 Å². The quantitative estimate of drug-likeness (QED) is 0.782. The van der Waals surface area contributed by atoms with Gasteiger partial charge in [-0.1, -0.05) is 18.2 Å². The summed E-state index contributed by atoms with van der Waals surface area (Å²) in [5.74, 6) is -0.290. The predicted octanol–water partition coefficient (Wildman–Crippen LogP) is 3.98. The fraction of sp³-hybridized carbons (Fsp3) is 0.158. The molecule has 3 rings (SSSR count). The van der Waals surface area contributed by atoms with Crippen molar-refractivity contribution in [2.75, 3.05) is 12.4 Å². The Kier molecular flexibility index (Phi) is 4.79. The zero-order valence-electron chi connectivity index (χ0n) is 14.1. The first-order valence-electron chi connectivity index (χ1n) is 7.90. The van der Waals surface area contributed by atoms with Crippen LogP contribution in [0.4, 0.5) is 14.9 Å². The second-order valence-corrected chi connectivity index (χ2v) is 5.85. The topological polar surface area (TPSA) is 50.2 Å². The second-order valence-electron chi connectivity index (χ2n) is 5.85. The molecule has 1 heterocycles. The average molecular weight is 338 g/mol. The van der Waals surface area contributed by atoms with Gasteiger partial charge in [-0.05, 0) is 48.9 Å². The van der Waals surface area contributed by atoms with Gasteiger partial charge in [0.05, 0.1) is 5.69 Å². The predicted molar refractivity (Wildman–Crippen MR) is 95.2 cm³/mol. The molecule has 128 valence electrons. The van der Waals surface area contributed by atoms with Crippen molar-refractivity contribution in [1.82, 2.24) is 14.7 Å². The fourth-order valence-electron chi connectivity index (χ4n) is 2.51. The number of aryl methyl sites for hydroxylation is 1. The van der Waals surface area contributed by atoms with Gasteiger partial charge >= 0.3 is 6.03 Å². The monoisotopic (exact) mass is 338 g/mol. The SMILES string of the molecule is Cc1ccnn1-c1cccc(NC(=O)N(C)Cc2ccc(F)cc2)c1. The molecule has 0 aliphatic rings. The molecule has 1 N–H and O–H groups in total. The summed E-state index contributed by atoms with van der Waals surface area (Å²) in [4.78, 5) is 13.9. The third-order valence-electron chi connectivity index (χ3n) is 3.85. The van der Waals surface area contributed by atoms with E-state index in [4.69, 9.17) is 0 Å². The molecule has 0 spiro atoms. The van der Waals surface area contributed by atoms with Crippen molar-refractivity contribution >= 4 is 11.7 Å². The lowest BCUT2D eigenvalue weighted by Crippen LogP contribution is -2.30. The van der Waals surface area contributed by atoms with E-state index in [-0.39, 0.29) is 11.8 Å². The summed E-state index contributed by atoms with van der Waals surface area (Å²) in [6.07, 6.45) is 1.73. The van der Waals surface area contributed by atoms with E-state index in [9.17, 15) is 9.18 Å². The van der Waals surface area contributed by atoms with Crippen LogP contribution >= 0.6 is 0 Å². The number of hydrogen-bond donors (Lipinski definition) is 1. The molecule has 0 fully saturated rings. The van der Waals surface area contributed by atoms with E-state index in [0.29, 0.717) is 12.2 Å². The maximum atomic E-state index is 13.0. The van der Waals surface area contributed by atoms with E-state index >= 15 is 0 Å². The van der Waals surface area contributed by atoms with Crippen LogP contribution in [0.3, 0.4) is 0 Å². The number of carbonyl (C=O) groups is 1.